The van der Waals surface area contributed by atoms with E-state index in [9.17, 15) is 9.59 Å². The van der Waals surface area contributed by atoms with Gasteiger partial charge in [-0.2, -0.15) is 0 Å². The van der Waals surface area contributed by atoms with Crippen molar-refractivity contribution in [3.05, 3.63) is 30.5 Å². The second kappa shape index (κ2) is 7.13. The van der Waals surface area contributed by atoms with Crippen molar-refractivity contribution < 1.29 is 19.1 Å². The number of nitrogens with zero attached hydrogens (tertiary/aromatic N) is 3. The molecule has 3 fully saturated rings. The van der Waals surface area contributed by atoms with Gasteiger partial charge in [0.2, 0.25) is 0 Å². The molecule has 2 aromatic rings. The summed E-state index contributed by atoms with van der Waals surface area (Å²) in [5.41, 5.74) is 0.0714. The van der Waals surface area contributed by atoms with E-state index in [1.54, 1.807) is 18.3 Å². The first-order valence-electron chi connectivity index (χ1n) is 9.85. The highest BCUT2D eigenvalue weighted by Gasteiger charge is 2.33. The van der Waals surface area contributed by atoms with Crippen molar-refractivity contribution in [2.24, 2.45) is 0 Å². The van der Waals surface area contributed by atoms with Crippen molar-refractivity contribution in [2.75, 3.05) is 26.2 Å². The molecule has 1 amide bonds. The molecule has 0 aliphatic carbocycles. The standard InChI is InChI=1S/C21H27N3O4/c1-21(2,3)28-20(26)24-11-6-15-4-5-17(14-18(15)24)27-19(25)23-13-12-22-9-7-16(23)8-10-22/h4-6,11,14,16H,7-10,12-13H2,1-3H3. The van der Waals surface area contributed by atoms with E-state index in [4.69, 9.17) is 9.47 Å². The van der Waals surface area contributed by atoms with Crippen LogP contribution in [0.25, 0.3) is 10.9 Å². The predicted octanol–water partition coefficient (Wildman–Crippen LogP) is 3.70. The highest BCUT2D eigenvalue weighted by atomic mass is 16.6. The predicted molar refractivity (Wildman–Crippen MR) is 106 cm³/mol. The first kappa shape index (κ1) is 18.8. The van der Waals surface area contributed by atoms with Crippen LogP contribution >= 0.6 is 0 Å². The molecular formula is C21H27N3O4. The summed E-state index contributed by atoms with van der Waals surface area (Å²) in [6, 6.07) is 7.42. The lowest BCUT2D eigenvalue weighted by molar-refractivity contribution is 0.0544. The number of ether oxygens (including phenoxy) is 2. The third-order valence-electron chi connectivity index (χ3n) is 5.35. The van der Waals surface area contributed by atoms with Crippen LogP contribution in [0.5, 0.6) is 5.75 Å². The topological polar surface area (TPSA) is 64.0 Å². The Balaban J connectivity index is 1.53. The number of amides is 1. The molecule has 1 aromatic carbocycles. The maximum atomic E-state index is 12.8. The van der Waals surface area contributed by atoms with Crippen LogP contribution < -0.4 is 4.74 Å². The van der Waals surface area contributed by atoms with Gasteiger partial charge in [0.1, 0.15) is 11.4 Å². The fraction of sp³-hybridized carbons (Fsp3) is 0.524. The number of carbonyl (C=O) groups excluding carboxylic acids is 2. The van der Waals surface area contributed by atoms with E-state index < -0.39 is 11.7 Å². The van der Waals surface area contributed by atoms with Gasteiger partial charge in [-0.1, -0.05) is 0 Å². The molecule has 3 aliphatic heterocycles. The number of carbonyl (C=O) groups is 2. The molecule has 150 valence electrons. The van der Waals surface area contributed by atoms with Gasteiger partial charge in [-0.3, -0.25) is 4.57 Å². The molecule has 1 aromatic heterocycles. The van der Waals surface area contributed by atoms with Crippen LogP contribution in [0, 0.1) is 0 Å². The smallest absolute Gasteiger partial charge is 0.418 e. The van der Waals surface area contributed by atoms with Crippen LogP contribution in [0.3, 0.4) is 0 Å². The van der Waals surface area contributed by atoms with Gasteiger partial charge >= 0.3 is 12.2 Å². The Morgan fingerprint density at radius 1 is 1.00 bits per heavy atom. The minimum absolute atomic E-state index is 0.251. The van der Waals surface area contributed by atoms with Crippen LogP contribution in [-0.2, 0) is 4.74 Å². The summed E-state index contributed by atoms with van der Waals surface area (Å²) in [5.74, 6) is 0.431. The Morgan fingerprint density at radius 3 is 2.46 bits per heavy atom. The zero-order valence-electron chi connectivity index (χ0n) is 16.7. The molecule has 0 N–H and O–H groups in total. The maximum absolute atomic E-state index is 12.8. The molecule has 5 rings (SSSR count). The summed E-state index contributed by atoms with van der Waals surface area (Å²) in [7, 11) is 0. The molecule has 0 unspecified atom stereocenters. The van der Waals surface area contributed by atoms with Gasteiger partial charge in [-0.05, 0) is 51.8 Å². The van der Waals surface area contributed by atoms with Gasteiger partial charge in [0, 0.05) is 49.9 Å². The number of fused-ring (bicyclic) bond motifs is 5. The van der Waals surface area contributed by atoms with Crippen molar-refractivity contribution in [1.82, 2.24) is 14.4 Å². The van der Waals surface area contributed by atoms with Crippen molar-refractivity contribution in [3.63, 3.8) is 0 Å². The number of hydrogen-bond acceptors (Lipinski definition) is 5. The van der Waals surface area contributed by atoms with Gasteiger partial charge in [0.15, 0.2) is 0 Å². The quantitative estimate of drug-likeness (QED) is 0.749. The Hall–Kier alpha value is -2.54. The summed E-state index contributed by atoms with van der Waals surface area (Å²) in [6.45, 7) is 9.17. The maximum Gasteiger partial charge on any atom is 0.418 e. The van der Waals surface area contributed by atoms with Crippen LogP contribution in [0.4, 0.5) is 9.59 Å². The zero-order chi connectivity index (χ0) is 19.9. The molecule has 0 radical (unpaired) electrons. The second-order valence-electron chi connectivity index (χ2n) is 8.52. The van der Waals surface area contributed by atoms with E-state index in [0.717, 1.165) is 37.9 Å². The minimum atomic E-state index is -0.584. The van der Waals surface area contributed by atoms with Crippen LogP contribution in [-0.4, -0.2) is 64.4 Å². The number of benzene rings is 1. The van der Waals surface area contributed by atoms with E-state index >= 15 is 0 Å². The normalized spacial score (nSPS) is 22.2. The Bertz CT molecular complexity index is 891. The molecule has 28 heavy (non-hydrogen) atoms. The van der Waals surface area contributed by atoms with E-state index in [1.807, 2.05) is 37.8 Å². The largest absolute Gasteiger partial charge is 0.443 e. The third kappa shape index (κ3) is 3.85. The van der Waals surface area contributed by atoms with E-state index in [1.165, 1.54) is 4.57 Å². The van der Waals surface area contributed by atoms with Crippen molar-refractivity contribution in [3.8, 4) is 5.75 Å². The molecular weight excluding hydrogens is 358 g/mol. The Kier molecular flexibility index (Phi) is 4.79. The number of aromatic nitrogens is 1. The van der Waals surface area contributed by atoms with Crippen LogP contribution in [0.1, 0.15) is 33.6 Å². The monoisotopic (exact) mass is 385 g/mol. The van der Waals surface area contributed by atoms with Gasteiger partial charge in [-0.15, -0.1) is 0 Å². The highest BCUT2D eigenvalue weighted by molar-refractivity contribution is 5.90. The third-order valence-corrected chi connectivity index (χ3v) is 5.35. The molecule has 3 aliphatic rings. The van der Waals surface area contributed by atoms with Crippen molar-refractivity contribution >= 4 is 23.1 Å². The molecule has 0 atom stereocenters. The fourth-order valence-electron chi connectivity index (χ4n) is 3.93. The van der Waals surface area contributed by atoms with E-state index in [0.29, 0.717) is 17.8 Å². The summed E-state index contributed by atoms with van der Waals surface area (Å²) in [6.07, 6.45) is 2.89. The first-order chi connectivity index (χ1) is 13.3. The highest BCUT2D eigenvalue weighted by Crippen LogP contribution is 2.26. The molecule has 4 heterocycles. The van der Waals surface area contributed by atoms with Crippen molar-refractivity contribution in [2.45, 2.75) is 45.3 Å². The Labute approximate surface area is 164 Å². The number of hydrogen-bond donors (Lipinski definition) is 0. The van der Waals surface area contributed by atoms with E-state index in [2.05, 4.69) is 4.90 Å². The number of rotatable bonds is 1. The SMILES string of the molecule is CC(C)(C)OC(=O)n1ccc2ccc(OC(=O)N3CCN4CCC3CC4)cc21. The van der Waals surface area contributed by atoms with Crippen LogP contribution in [0.2, 0.25) is 0 Å². The molecule has 7 nitrogen and oxygen atoms in total. The van der Waals surface area contributed by atoms with E-state index in [-0.39, 0.29) is 12.1 Å². The zero-order valence-corrected chi connectivity index (χ0v) is 16.7. The number of piperidine rings is 1. The molecule has 0 spiro atoms. The second-order valence-corrected chi connectivity index (χ2v) is 8.52. The van der Waals surface area contributed by atoms with Gasteiger partial charge in [0.25, 0.3) is 0 Å². The fourth-order valence-corrected chi connectivity index (χ4v) is 3.93. The van der Waals surface area contributed by atoms with Crippen LogP contribution in [0.15, 0.2) is 30.5 Å². The molecule has 2 bridgehead atoms. The molecule has 7 heteroatoms. The van der Waals surface area contributed by atoms with Gasteiger partial charge < -0.3 is 19.3 Å². The summed E-state index contributed by atoms with van der Waals surface area (Å²) >= 11 is 0. The Morgan fingerprint density at radius 2 is 1.75 bits per heavy atom. The van der Waals surface area contributed by atoms with Gasteiger partial charge in [0.05, 0.1) is 5.52 Å². The summed E-state index contributed by atoms with van der Waals surface area (Å²) in [4.78, 5) is 29.5. The average molecular weight is 385 g/mol. The first-order valence-corrected chi connectivity index (χ1v) is 9.85. The lowest BCUT2D eigenvalue weighted by Gasteiger charge is -2.30. The minimum Gasteiger partial charge on any atom is -0.443 e. The van der Waals surface area contributed by atoms with Crippen molar-refractivity contribution in [1.29, 1.82) is 0 Å². The van der Waals surface area contributed by atoms with Gasteiger partial charge in [-0.25, -0.2) is 9.59 Å². The summed E-state index contributed by atoms with van der Waals surface area (Å²) < 4.78 is 12.6. The lowest BCUT2D eigenvalue weighted by Crippen LogP contribution is -2.43. The summed E-state index contributed by atoms with van der Waals surface area (Å²) in [5, 5.41) is 0.881. The average Bonchev–Trinajstić information content (AvgIpc) is 2.81. The lowest BCUT2D eigenvalue weighted by atomic mass is 10.1. The molecule has 0 saturated carbocycles. The molecule has 3 saturated heterocycles.